The molecule has 4 rings (SSSR count). The van der Waals surface area contributed by atoms with Crippen molar-refractivity contribution in [1.82, 2.24) is 20.6 Å². The Hall–Kier alpha value is -1.48. The molecule has 2 aliphatic rings. The lowest BCUT2D eigenvalue weighted by Gasteiger charge is -2.41. The molecule has 0 radical (unpaired) electrons. The summed E-state index contributed by atoms with van der Waals surface area (Å²) >= 11 is 4.40. The van der Waals surface area contributed by atoms with Crippen molar-refractivity contribution in [3.8, 4) is 0 Å². The molecule has 2 aliphatic heterocycles. The fraction of sp³-hybridized carbons (Fsp3) is 0.583. The maximum atomic E-state index is 5.07. The number of hydrogen-bond acceptors (Lipinski definition) is 8. The van der Waals surface area contributed by atoms with E-state index in [4.69, 9.17) is 9.97 Å². The first kappa shape index (κ1) is 23.7. The number of rotatable bonds is 10. The molecule has 2 aromatic rings. The summed E-state index contributed by atoms with van der Waals surface area (Å²) in [4.78, 5) is 14.9. The van der Waals surface area contributed by atoms with Crippen molar-refractivity contribution < 1.29 is 0 Å². The Morgan fingerprint density at radius 2 is 1.97 bits per heavy atom. The molecule has 0 aromatic carbocycles. The Morgan fingerprint density at radius 3 is 2.62 bits per heavy atom. The van der Waals surface area contributed by atoms with Gasteiger partial charge in [-0.2, -0.15) is 0 Å². The molecular weight excluding hydrogens is 436 g/mol. The molecule has 0 aliphatic carbocycles. The maximum Gasteiger partial charge on any atom is 0.132 e. The molecule has 2 saturated heterocycles. The number of hydrogen-bond donors (Lipinski definition) is 3. The quantitative estimate of drug-likeness (QED) is 0.359. The van der Waals surface area contributed by atoms with Crippen LogP contribution in [0.15, 0.2) is 30.3 Å². The summed E-state index contributed by atoms with van der Waals surface area (Å²) in [6, 6.07) is 11.9. The summed E-state index contributed by atoms with van der Waals surface area (Å²) in [6.07, 6.45) is 1.05. The van der Waals surface area contributed by atoms with E-state index < -0.39 is 0 Å². The molecule has 174 valence electrons. The van der Waals surface area contributed by atoms with Crippen LogP contribution in [0.4, 0.5) is 11.6 Å². The van der Waals surface area contributed by atoms with E-state index in [1.165, 1.54) is 11.3 Å². The molecule has 8 heteroatoms. The van der Waals surface area contributed by atoms with E-state index in [2.05, 4.69) is 83.2 Å². The summed E-state index contributed by atoms with van der Waals surface area (Å²) in [5.74, 6) is 2.61. The molecule has 32 heavy (non-hydrogen) atoms. The summed E-state index contributed by atoms with van der Waals surface area (Å²) in [5.41, 5.74) is 3.52. The van der Waals surface area contributed by atoms with Gasteiger partial charge in [-0.05, 0) is 51.1 Å². The van der Waals surface area contributed by atoms with Crippen molar-refractivity contribution in [1.29, 1.82) is 0 Å². The SMILES string of the molecule is CNC1CN(c2cccc(C(C)CCN(c3nc(C(C)SS)ccc3C)C3CNC3)n2)C1. The van der Waals surface area contributed by atoms with Crippen molar-refractivity contribution in [3.63, 3.8) is 0 Å². The zero-order chi connectivity index (χ0) is 22.7. The van der Waals surface area contributed by atoms with Gasteiger partial charge in [-0.1, -0.05) is 29.9 Å². The summed E-state index contributed by atoms with van der Waals surface area (Å²) in [7, 11) is 3.57. The lowest BCUT2D eigenvalue weighted by molar-refractivity contribution is 0.404. The van der Waals surface area contributed by atoms with Crippen LogP contribution in [0.5, 0.6) is 0 Å². The summed E-state index contributed by atoms with van der Waals surface area (Å²) < 4.78 is 0. The van der Waals surface area contributed by atoms with E-state index >= 15 is 0 Å². The highest BCUT2D eigenvalue weighted by molar-refractivity contribution is 8.68. The van der Waals surface area contributed by atoms with Gasteiger partial charge >= 0.3 is 0 Å². The Labute approximate surface area is 201 Å². The fourth-order valence-corrected chi connectivity index (χ4v) is 4.84. The minimum absolute atomic E-state index is 0.272. The molecule has 0 saturated carbocycles. The first-order chi connectivity index (χ1) is 15.5. The second-order valence-corrected chi connectivity index (χ2v) is 10.7. The minimum Gasteiger partial charge on any atom is -0.353 e. The predicted octanol–water partition coefficient (Wildman–Crippen LogP) is 3.80. The van der Waals surface area contributed by atoms with Crippen LogP contribution >= 0.6 is 22.5 Å². The normalized spacial score (nSPS) is 18.7. The number of nitrogens with zero attached hydrogens (tertiary/aromatic N) is 4. The van der Waals surface area contributed by atoms with Crippen LogP contribution in [0, 0.1) is 6.92 Å². The molecule has 6 nitrogen and oxygen atoms in total. The van der Waals surface area contributed by atoms with Gasteiger partial charge in [0.15, 0.2) is 0 Å². The standard InChI is InChI=1S/C24H36N6S2/c1-16(21-6-5-7-23(27-21)29-14-19(15-29)25-4)10-11-30(20-12-26-13-20)24-17(2)8-9-22(28-24)18(3)32-31/h5-9,16,18-20,25-26,31H,10-15H2,1-4H3. The highest BCUT2D eigenvalue weighted by atomic mass is 33.1. The average molecular weight is 473 g/mol. The number of nitrogens with one attached hydrogen (secondary N) is 2. The van der Waals surface area contributed by atoms with Gasteiger partial charge in [-0.3, -0.25) is 0 Å². The first-order valence-electron chi connectivity index (χ1n) is 11.6. The summed E-state index contributed by atoms with van der Waals surface area (Å²) in [5, 5.41) is 7.04. The van der Waals surface area contributed by atoms with Crippen LogP contribution in [0.25, 0.3) is 0 Å². The van der Waals surface area contributed by atoms with E-state index in [-0.39, 0.29) is 5.25 Å². The van der Waals surface area contributed by atoms with Crippen LogP contribution in [0.3, 0.4) is 0 Å². The van der Waals surface area contributed by atoms with Crippen molar-refractivity contribution in [2.24, 2.45) is 0 Å². The highest BCUT2D eigenvalue weighted by Gasteiger charge is 2.29. The third kappa shape index (κ3) is 5.19. The van der Waals surface area contributed by atoms with Crippen molar-refractivity contribution >= 4 is 34.1 Å². The third-order valence-electron chi connectivity index (χ3n) is 6.82. The van der Waals surface area contributed by atoms with E-state index in [1.807, 2.05) is 7.05 Å². The van der Waals surface area contributed by atoms with E-state index in [1.54, 1.807) is 10.8 Å². The zero-order valence-corrected chi connectivity index (χ0v) is 21.3. The summed E-state index contributed by atoms with van der Waals surface area (Å²) in [6.45, 7) is 11.7. The van der Waals surface area contributed by atoms with Crippen LogP contribution in [0.1, 0.15) is 48.4 Å². The van der Waals surface area contributed by atoms with Gasteiger partial charge in [0.2, 0.25) is 0 Å². The average Bonchev–Trinajstić information content (AvgIpc) is 2.74. The number of thiol groups is 1. The number of anilines is 2. The second kappa shape index (κ2) is 10.6. The second-order valence-electron chi connectivity index (χ2n) is 9.13. The third-order valence-corrected chi connectivity index (χ3v) is 8.32. The molecule has 0 amide bonds. The van der Waals surface area contributed by atoms with Gasteiger partial charge in [0.05, 0.1) is 17.0 Å². The lowest BCUT2D eigenvalue weighted by Crippen LogP contribution is -2.58. The van der Waals surface area contributed by atoms with Crippen LogP contribution in [-0.2, 0) is 0 Å². The van der Waals surface area contributed by atoms with Gasteiger partial charge in [0.1, 0.15) is 11.6 Å². The number of pyridine rings is 2. The monoisotopic (exact) mass is 472 g/mol. The molecule has 4 heterocycles. The Morgan fingerprint density at radius 1 is 1.19 bits per heavy atom. The maximum absolute atomic E-state index is 5.07. The van der Waals surface area contributed by atoms with Crippen LogP contribution < -0.4 is 20.4 Å². The number of likely N-dealkylation sites (N-methyl/N-ethyl adjacent to an activating group) is 1. The molecule has 2 atom stereocenters. The predicted molar refractivity (Wildman–Crippen MR) is 140 cm³/mol. The van der Waals surface area contributed by atoms with Crippen molar-refractivity contribution in [2.75, 3.05) is 49.6 Å². The molecule has 2 aromatic heterocycles. The molecular formula is C24H36N6S2. The molecule has 2 N–H and O–H groups in total. The van der Waals surface area contributed by atoms with Gasteiger partial charge < -0.3 is 20.4 Å². The van der Waals surface area contributed by atoms with Crippen molar-refractivity contribution in [2.45, 2.75) is 50.4 Å². The van der Waals surface area contributed by atoms with E-state index in [0.29, 0.717) is 18.0 Å². The molecule has 0 bridgehead atoms. The van der Waals surface area contributed by atoms with Gasteiger partial charge in [-0.25, -0.2) is 9.97 Å². The number of aryl methyl sites for hydroxylation is 1. The number of aromatic nitrogens is 2. The molecule has 2 fully saturated rings. The lowest BCUT2D eigenvalue weighted by atomic mass is 10.0. The molecule has 2 unspecified atom stereocenters. The fourth-order valence-electron chi connectivity index (χ4n) is 4.28. The van der Waals surface area contributed by atoms with E-state index in [0.717, 1.165) is 56.5 Å². The largest absolute Gasteiger partial charge is 0.353 e. The Bertz CT molecular complexity index is 900. The van der Waals surface area contributed by atoms with Gasteiger partial charge in [0, 0.05) is 50.4 Å². The molecule has 0 spiro atoms. The van der Waals surface area contributed by atoms with Gasteiger partial charge in [0.25, 0.3) is 0 Å². The van der Waals surface area contributed by atoms with E-state index in [9.17, 15) is 0 Å². The van der Waals surface area contributed by atoms with Crippen LogP contribution in [0.2, 0.25) is 0 Å². The highest BCUT2D eigenvalue weighted by Crippen LogP contribution is 2.33. The Kier molecular flexibility index (Phi) is 7.87. The van der Waals surface area contributed by atoms with Crippen LogP contribution in [-0.4, -0.2) is 61.8 Å². The Balaban J connectivity index is 1.46. The minimum atomic E-state index is 0.272. The van der Waals surface area contributed by atoms with Gasteiger partial charge in [-0.15, -0.1) is 11.7 Å². The first-order valence-corrected chi connectivity index (χ1v) is 13.6. The topological polar surface area (TPSA) is 56.3 Å². The van der Waals surface area contributed by atoms with Crippen molar-refractivity contribution in [3.05, 3.63) is 47.3 Å². The smallest absolute Gasteiger partial charge is 0.132 e. The zero-order valence-electron chi connectivity index (χ0n) is 19.6.